The fraction of sp³-hybridized carbons (Fsp3) is 0.125. The smallest absolute Gasteiger partial charge is 0.274 e. The van der Waals surface area contributed by atoms with Crippen LogP contribution in [0.3, 0.4) is 0 Å². The molecule has 8 amide bonds. The minimum Gasteiger partial charge on any atom is -0.274 e. The van der Waals surface area contributed by atoms with Gasteiger partial charge in [-0.2, -0.15) is 0 Å². The van der Waals surface area contributed by atoms with Crippen LogP contribution in [0.2, 0.25) is 0 Å². The summed E-state index contributed by atoms with van der Waals surface area (Å²) < 4.78 is 0. The molecule has 0 radical (unpaired) electrons. The summed E-state index contributed by atoms with van der Waals surface area (Å²) in [7, 11) is 0. The monoisotopic (exact) mass is 758 g/mol. The molecule has 0 bridgehead atoms. The van der Waals surface area contributed by atoms with Crippen molar-refractivity contribution in [2.24, 2.45) is 0 Å². The summed E-state index contributed by atoms with van der Waals surface area (Å²) in [5.41, 5.74) is 0.934. The van der Waals surface area contributed by atoms with E-state index in [4.69, 9.17) is 46.4 Å². The molecule has 0 fully saturated rings. The second-order valence-corrected chi connectivity index (χ2v) is 13.4. The van der Waals surface area contributed by atoms with Gasteiger partial charge in [0.15, 0.2) is 0 Å². The molecule has 0 spiro atoms. The Bertz CT molecular complexity index is 1950. The largest absolute Gasteiger partial charge is 0.277 e. The van der Waals surface area contributed by atoms with Gasteiger partial charge in [-0.25, -0.2) is 9.80 Å². The van der Waals surface area contributed by atoms with E-state index in [0.717, 1.165) is 55.7 Å². The number of hydrogen-bond donors (Lipinski definition) is 0. The third-order valence-corrected chi connectivity index (χ3v) is 9.91. The maximum atomic E-state index is 13.2. The van der Waals surface area contributed by atoms with Crippen LogP contribution in [-0.4, -0.2) is 70.1 Å². The molecule has 248 valence electrons. The number of rotatable bonds is 10. The van der Waals surface area contributed by atoms with E-state index in [0.29, 0.717) is 20.9 Å². The molecular formula is C32H18Cl4N4O8S. The van der Waals surface area contributed by atoms with Crippen molar-refractivity contribution in [3.63, 3.8) is 0 Å². The zero-order chi connectivity index (χ0) is 35.3. The first kappa shape index (κ1) is 34.3. The Balaban J connectivity index is 1.41. The summed E-state index contributed by atoms with van der Waals surface area (Å²) in [6, 6.07) is 9.62. The maximum absolute atomic E-state index is 13.2. The quantitative estimate of drug-likeness (QED) is 0.329. The summed E-state index contributed by atoms with van der Waals surface area (Å²) in [5.74, 6) is -5.76. The summed E-state index contributed by atoms with van der Waals surface area (Å²) >= 11 is 24.8. The zero-order valence-corrected chi connectivity index (χ0v) is 28.4. The molecule has 4 heterocycles. The lowest BCUT2D eigenvalue weighted by Gasteiger charge is -2.25. The van der Waals surface area contributed by atoms with Crippen LogP contribution >= 0.6 is 58.2 Å². The van der Waals surface area contributed by atoms with E-state index in [2.05, 4.69) is 0 Å². The van der Waals surface area contributed by atoms with Crippen molar-refractivity contribution in [2.45, 2.75) is 22.6 Å². The van der Waals surface area contributed by atoms with Gasteiger partial charge in [0.25, 0.3) is 47.3 Å². The van der Waals surface area contributed by atoms with Crippen LogP contribution in [0.15, 0.2) is 90.6 Å². The molecule has 2 aromatic rings. The van der Waals surface area contributed by atoms with Gasteiger partial charge in [-0.3, -0.25) is 48.2 Å². The number of amides is 8. The molecule has 0 N–H and O–H groups in total. The van der Waals surface area contributed by atoms with E-state index >= 15 is 0 Å². The molecule has 0 saturated carbocycles. The Labute approximate surface area is 301 Å². The van der Waals surface area contributed by atoms with E-state index in [1.807, 2.05) is 0 Å². The lowest BCUT2D eigenvalue weighted by molar-refractivity contribution is -0.138. The second kappa shape index (κ2) is 13.4. The predicted molar refractivity (Wildman–Crippen MR) is 179 cm³/mol. The van der Waals surface area contributed by atoms with E-state index in [9.17, 15) is 38.4 Å². The Morgan fingerprint density at radius 2 is 0.816 bits per heavy atom. The van der Waals surface area contributed by atoms with Crippen molar-refractivity contribution in [2.75, 3.05) is 22.9 Å². The van der Waals surface area contributed by atoms with Gasteiger partial charge < -0.3 is 0 Å². The van der Waals surface area contributed by atoms with Crippen molar-refractivity contribution in [3.8, 4) is 0 Å². The molecule has 0 atom stereocenters. The predicted octanol–water partition coefficient (Wildman–Crippen LogP) is 3.90. The minimum atomic E-state index is -0.818. The van der Waals surface area contributed by atoms with Gasteiger partial charge >= 0.3 is 0 Å². The number of halogens is 4. The fourth-order valence-electron chi connectivity index (χ4n) is 5.48. The number of carbonyl (C=O) groups excluding carboxylic acids is 8. The second-order valence-electron chi connectivity index (χ2n) is 10.6. The highest BCUT2D eigenvalue weighted by atomic mass is 35.5. The van der Waals surface area contributed by atoms with E-state index in [1.54, 1.807) is 36.4 Å². The molecule has 0 saturated heterocycles. The molecular weight excluding hydrogens is 742 g/mol. The Hall–Kier alpha value is -4.53. The average Bonchev–Trinajstić information content (AvgIpc) is 3.65. The zero-order valence-electron chi connectivity index (χ0n) is 24.6. The van der Waals surface area contributed by atoms with Gasteiger partial charge in [0.1, 0.15) is 20.1 Å². The van der Waals surface area contributed by atoms with Crippen LogP contribution in [0.25, 0.3) is 0 Å². The first-order valence-corrected chi connectivity index (χ1v) is 16.5. The summed E-state index contributed by atoms with van der Waals surface area (Å²) in [4.78, 5) is 106. The molecule has 0 unspecified atom stereocenters. The lowest BCUT2D eigenvalue weighted by Crippen LogP contribution is -2.35. The highest BCUT2D eigenvalue weighted by molar-refractivity contribution is 7.99. The average molecular weight is 760 g/mol. The molecule has 4 aliphatic heterocycles. The van der Waals surface area contributed by atoms with Crippen molar-refractivity contribution in [3.05, 3.63) is 92.0 Å². The number of para-hydroxylation sites is 2. The highest BCUT2D eigenvalue weighted by Crippen LogP contribution is 2.45. The van der Waals surface area contributed by atoms with Crippen molar-refractivity contribution < 1.29 is 38.4 Å². The number of carbonyl (C=O) groups is 8. The van der Waals surface area contributed by atoms with Gasteiger partial charge in [-0.1, -0.05) is 82.4 Å². The Morgan fingerprint density at radius 3 is 1.12 bits per heavy atom. The standard InChI is InChI=1S/C32H18Cl4N4O8S/c33-17-11-23(41)37(29(17)45)9-7-15-3-1-5-21(27(15)39-25(43)13-19(35)31(39)47)49-22-6-2-4-16(8-10-38-24(42)12-18(34)30(38)46)28(22)40-26(44)14-20(36)32(40)48/h1-6,11-14H,7-10H2. The molecule has 0 aromatic heterocycles. The third-order valence-electron chi connectivity index (χ3n) is 7.73. The molecule has 49 heavy (non-hydrogen) atoms. The van der Waals surface area contributed by atoms with Crippen molar-refractivity contribution in [1.29, 1.82) is 0 Å². The van der Waals surface area contributed by atoms with Crippen LogP contribution < -0.4 is 9.80 Å². The third kappa shape index (κ3) is 6.24. The SMILES string of the molecule is O=C1C=C(Cl)C(=O)N1CCc1cccc(Sc2cccc(CCN3C(=O)C=C(Cl)C3=O)c2N2C(=O)C=C(Cl)C2=O)c1N1C(=O)C=C(Cl)C1=O. The minimum absolute atomic E-state index is 0.00207. The van der Waals surface area contributed by atoms with Gasteiger partial charge in [-0.15, -0.1) is 0 Å². The van der Waals surface area contributed by atoms with Crippen LogP contribution in [0, 0.1) is 0 Å². The van der Waals surface area contributed by atoms with E-state index in [1.165, 1.54) is 0 Å². The summed E-state index contributed by atoms with van der Waals surface area (Å²) in [6.07, 6.45) is 3.89. The van der Waals surface area contributed by atoms with Gasteiger partial charge in [0.2, 0.25) is 0 Å². The molecule has 17 heteroatoms. The van der Waals surface area contributed by atoms with E-state index in [-0.39, 0.29) is 57.4 Å². The van der Waals surface area contributed by atoms with Gasteiger partial charge in [-0.05, 0) is 36.1 Å². The molecule has 4 aliphatic rings. The lowest BCUT2D eigenvalue weighted by atomic mass is 10.1. The summed E-state index contributed by atoms with van der Waals surface area (Å²) in [5, 5.41) is -1.18. The first-order valence-electron chi connectivity index (χ1n) is 14.2. The van der Waals surface area contributed by atoms with Crippen molar-refractivity contribution in [1.82, 2.24) is 9.80 Å². The van der Waals surface area contributed by atoms with Crippen LogP contribution in [0.5, 0.6) is 0 Å². The van der Waals surface area contributed by atoms with Crippen molar-refractivity contribution >= 4 is 117 Å². The number of nitrogens with zero attached hydrogens (tertiary/aromatic N) is 4. The molecule has 2 aromatic carbocycles. The topological polar surface area (TPSA) is 150 Å². The normalized spacial score (nSPS) is 18.0. The highest BCUT2D eigenvalue weighted by Gasteiger charge is 2.38. The van der Waals surface area contributed by atoms with E-state index < -0.39 is 47.3 Å². The molecule has 0 aliphatic carbocycles. The maximum Gasteiger partial charge on any atom is 0.277 e. The fourth-order valence-corrected chi connectivity index (χ4v) is 7.39. The van der Waals surface area contributed by atoms with Gasteiger partial charge in [0, 0.05) is 47.2 Å². The Kier molecular flexibility index (Phi) is 9.40. The number of anilines is 2. The summed E-state index contributed by atoms with van der Waals surface area (Å²) in [6.45, 7) is -0.283. The van der Waals surface area contributed by atoms with Gasteiger partial charge in [0.05, 0.1) is 11.4 Å². The molecule has 6 rings (SSSR count). The number of hydrogen-bond acceptors (Lipinski definition) is 9. The number of imide groups is 4. The Morgan fingerprint density at radius 1 is 0.469 bits per heavy atom. The van der Waals surface area contributed by atoms with Crippen LogP contribution in [0.1, 0.15) is 11.1 Å². The van der Waals surface area contributed by atoms with Crippen LogP contribution in [-0.2, 0) is 51.2 Å². The first-order chi connectivity index (χ1) is 23.3. The van der Waals surface area contributed by atoms with Crippen LogP contribution in [0.4, 0.5) is 11.4 Å². The number of benzene rings is 2. The molecule has 12 nitrogen and oxygen atoms in total.